The number of carboxylic acid groups (broad SMARTS) is 1. The number of ether oxygens (including phenoxy) is 1. The fraction of sp³-hybridized carbons (Fsp3) is 0.692. The van der Waals surface area contributed by atoms with E-state index in [4.69, 9.17) is 4.74 Å². The molecule has 1 aromatic heterocycles. The lowest BCUT2D eigenvalue weighted by Gasteiger charge is -2.16. The minimum absolute atomic E-state index is 0.251. The molecule has 5 heteroatoms. The van der Waals surface area contributed by atoms with Gasteiger partial charge in [0.25, 0.3) is 0 Å². The van der Waals surface area contributed by atoms with Crippen LogP contribution in [-0.2, 0) is 22.4 Å². The molecule has 1 aromatic rings. The fourth-order valence-corrected chi connectivity index (χ4v) is 2.94. The molecule has 5 nitrogen and oxygen atoms in total. The van der Waals surface area contributed by atoms with E-state index in [0.717, 1.165) is 55.9 Å². The molecule has 0 amide bonds. The Hall–Kier alpha value is -1.36. The van der Waals surface area contributed by atoms with E-state index in [-0.39, 0.29) is 6.10 Å². The van der Waals surface area contributed by atoms with E-state index in [1.807, 2.05) is 0 Å². The quantitative estimate of drug-likeness (QED) is 0.855. The van der Waals surface area contributed by atoms with Gasteiger partial charge in [-0.05, 0) is 32.1 Å². The third kappa shape index (κ3) is 2.14. The Morgan fingerprint density at radius 2 is 2.33 bits per heavy atom. The second-order valence-corrected chi connectivity index (χ2v) is 5.17. The van der Waals surface area contributed by atoms with E-state index in [1.54, 1.807) is 0 Å². The lowest BCUT2D eigenvalue weighted by molar-refractivity contribution is -0.139. The van der Waals surface area contributed by atoms with Crippen molar-refractivity contribution in [3.63, 3.8) is 0 Å². The Morgan fingerprint density at radius 3 is 3.06 bits per heavy atom. The summed E-state index contributed by atoms with van der Waals surface area (Å²) in [4.78, 5) is 19.0. The molecule has 0 aromatic carbocycles. The minimum atomic E-state index is -0.758. The van der Waals surface area contributed by atoms with E-state index >= 15 is 0 Å². The number of nitrogens with zero attached hydrogens (tertiary/aromatic N) is 1. The van der Waals surface area contributed by atoms with Gasteiger partial charge in [-0.2, -0.15) is 0 Å². The Bertz CT molecular complexity index is 449. The summed E-state index contributed by atoms with van der Waals surface area (Å²) in [6.07, 6.45) is 5.76. The Labute approximate surface area is 106 Å². The molecule has 0 bridgehead atoms. The number of aromatic amines is 1. The minimum Gasteiger partial charge on any atom is -0.481 e. The maximum Gasteiger partial charge on any atom is 0.312 e. The van der Waals surface area contributed by atoms with Crippen LogP contribution in [0.1, 0.15) is 48.8 Å². The van der Waals surface area contributed by atoms with Gasteiger partial charge >= 0.3 is 5.97 Å². The smallest absolute Gasteiger partial charge is 0.312 e. The number of nitrogens with one attached hydrogen (secondary N) is 1. The first-order valence-electron chi connectivity index (χ1n) is 6.66. The summed E-state index contributed by atoms with van der Waals surface area (Å²) in [6.45, 7) is 0.836. The Morgan fingerprint density at radius 1 is 1.44 bits per heavy atom. The first kappa shape index (κ1) is 11.7. The van der Waals surface area contributed by atoms with Crippen molar-refractivity contribution in [2.45, 2.75) is 50.5 Å². The zero-order valence-corrected chi connectivity index (χ0v) is 10.3. The molecule has 1 saturated heterocycles. The highest BCUT2D eigenvalue weighted by Gasteiger charge is 2.30. The zero-order valence-electron chi connectivity index (χ0n) is 10.3. The number of aryl methyl sites for hydroxylation is 1. The van der Waals surface area contributed by atoms with Gasteiger partial charge in [0.05, 0.1) is 11.8 Å². The van der Waals surface area contributed by atoms with E-state index in [2.05, 4.69) is 9.97 Å². The molecule has 2 atom stereocenters. The van der Waals surface area contributed by atoms with Crippen LogP contribution in [0, 0.1) is 0 Å². The van der Waals surface area contributed by atoms with Crippen molar-refractivity contribution >= 4 is 5.97 Å². The van der Waals surface area contributed by atoms with Crippen LogP contribution in [0.3, 0.4) is 0 Å². The number of aromatic nitrogens is 2. The summed E-state index contributed by atoms with van der Waals surface area (Å²) in [6, 6.07) is 0. The Balaban J connectivity index is 1.79. The summed E-state index contributed by atoms with van der Waals surface area (Å²) < 4.78 is 5.59. The van der Waals surface area contributed by atoms with Crippen LogP contribution in [-0.4, -0.2) is 33.8 Å². The van der Waals surface area contributed by atoms with E-state index in [9.17, 15) is 9.90 Å². The predicted octanol–water partition coefficient (Wildman–Crippen LogP) is 1.64. The van der Waals surface area contributed by atoms with Crippen molar-refractivity contribution in [2.24, 2.45) is 0 Å². The van der Waals surface area contributed by atoms with Crippen molar-refractivity contribution in [2.75, 3.05) is 6.61 Å². The molecular formula is C13H18N2O3. The number of hydrogen-bond acceptors (Lipinski definition) is 3. The molecule has 2 N–H and O–H groups in total. The molecule has 0 saturated carbocycles. The van der Waals surface area contributed by atoms with E-state index in [1.165, 1.54) is 0 Å². The van der Waals surface area contributed by atoms with Gasteiger partial charge in [0.1, 0.15) is 11.7 Å². The summed E-state index contributed by atoms with van der Waals surface area (Å²) in [5.74, 6) is -0.297. The highest BCUT2D eigenvalue weighted by atomic mass is 16.5. The zero-order chi connectivity index (χ0) is 12.5. The van der Waals surface area contributed by atoms with Crippen molar-refractivity contribution in [3.8, 4) is 0 Å². The lowest BCUT2D eigenvalue weighted by Crippen LogP contribution is -2.17. The number of fused-ring (bicyclic) bond motifs is 1. The maximum atomic E-state index is 11.2. The predicted molar refractivity (Wildman–Crippen MR) is 64.6 cm³/mol. The molecule has 1 aliphatic carbocycles. The van der Waals surface area contributed by atoms with Gasteiger partial charge in [-0.25, -0.2) is 4.98 Å². The van der Waals surface area contributed by atoms with Crippen molar-refractivity contribution < 1.29 is 14.6 Å². The van der Waals surface area contributed by atoms with Gasteiger partial charge < -0.3 is 14.8 Å². The van der Waals surface area contributed by atoms with Gasteiger partial charge in [0, 0.05) is 18.7 Å². The molecule has 2 aliphatic rings. The summed E-state index contributed by atoms with van der Waals surface area (Å²) in [7, 11) is 0. The fourth-order valence-electron chi connectivity index (χ4n) is 2.94. The Kier molecular flexibility index (Phi) is 3.07. The standard InChI is InChI=1S/C13H18N2O3/c16-13(17)9-4-1-5-10-12(9)15-11(14-10)7-8-3-2-6-18-8/h8-9H,1-7H2,(H,14,15)(H,16,17). The van der Waals surface area contributed by atoms with Gasteiger partial charge in [-0.3, -0.25) is 4.79 Å². The number of carboxylic acids is 1. The van der Waals surface area contributed by atoms with Crippen LogP contribution >= 0.6 is 0 Å². The monoisotopic (exact) mass is 250 g/mol. The average Bonchev–Trinajstić information content (AvgIpc) is 2.96. The van der Waals surface area contributed by atoms with Crippen molar-refractivity contribution in [1.82, 2.24) is 9.97 Å². The SMILES string of the molecule is O=C(O)C1CCCc2[nH]c(CC3CCCO3)nc21. The first-order valence-corrected chi connectivity index (χ1v) is 6.66. The van der Waals surface area contributed by atoms with Gasteiger partial charge in [-0.15, -0.1) is 0 Å². The summed E-state index contributed by atoms with van der Waals surface area (Å²) in [5.41, 5.74) is 1.77. The van der Waals surface area contributed by atoms with Crippen LogP contribution in [0.5, 0.6) is 0 Å². The molecular weight excluding hydrogens is 232 g/mol. The van der Waals surface area contributed by atoms with E-state index < -0.39 is 11.9 Å². The van der Waals surface area contributed by atoms with Crippen LogP contribution in [0.2, 0.25) is 0 Å². The van der Waals surface area contributed by atoms with Crippen LogP contribution in [0.4, 0.5) is 0 Å². The van der Waals surface area contributed by atoms with Crippen LogP contribution < -0.4 is 0 Å². The number of carbonyl (C=O) groups is 1. The number of H-pyrrole nitrogens is 1. The second kappa shape index (κ2) is 4.72. The largest absolute Gasteiger partial charge is 0.481 e. The maximum absolute atomic E-state index is 11.2. The average molecular weight is 250 g/mol. The molecule has 1 fully saturated rings. The number of hydrogen-bond donors (Lipinski definition) is 2. The lowest BCUT2D eigenvalue weighted by atomic mass is 9.90. The van der Waals surface area contributed by atoms with Gasteiger partial charge in [-0.1, -0.05) is 0 Å². The third-order valence-electron chi connectivity index (χ3n) is 3.85. The van der Waals surface area contributed by atoms with Crippen LogP contribution in [0.15, 0.2) is 0 Å². The molecule has 3 rings (SSSR count). The van der Waals surface area contributed by atoms with Gasteiger partial charge in [0.2, 0.25) is 0 Å². The molecule has 18 heavy (non-hydrogen) atoms. The third-order valence-corrected chi connectivity index (χ3v) is 3.85. The number of imidazole rings is 1. The van der Waals surface area contributed by atoms with Crippen molar-refractivity contribution in [1.29, 1.82) is 0 Å². The highest BCUT2D eigenvalue weighted by Crippen LogP contribution is 2.30. The highest BCUT2D eigenvalue weighted by molar-refractivity contribution is 5.76. The van der Waals surface area contributed by atoms with E-state index in [0.29, 0.717) is 6.42 Å². The summed E-state index contributed by atoms with van der Waals surface area (Å²) in [5, 5.41) is 9.20. The molecule has 2 heterocycles. The number of rotatable bonds is 3. The first-order chi connectivity index (χ1) is 8.74. The van der Waals surface area contributed by atoms with Crippen molar-refractivity contribution in [3.05, 3.63) is 17.2 Å². The normalized spacial score (nSPS) is 27.1. The second-order valence-electron chi connectivity index (χ2n) is 5.17. The molecule has 1 aliphatic heterocycles. The molecule has 0 spiro atoms. The number of aliphatic carboxylic acids is 1. The van der Waals surface area contributed by atoms with Crippen LogP contribution in [0.25, 0.3) is 0 Å². The molecule has 2 unspecified atom stereocenters. The molecule has 0 radical (unpaired) electrons. The summed E-state index contributed by atoms with van der Waals surface area (Å²) >= 11 is 0. The van der Waals surface area contributed by atoms with Gasteiger partial charge in [0.15, 0.2) is 0 Å². The molecule has 98 valence electrons. The topological polar surface area (TPSA) is 75.2 Å².